The van der Waals surface area contributed by atoms with E-state index in [1.54, 1.807) is 61.7 Å². The number of esters is 2. The van der Waals surface area contributed by atoms with Gasteiger partial charge in [-0.05, 0) is 56.7 Å². The molecule has 2 aromatic rings. The average molecular weight is 601 g/mol. The molecule has 2 aliphatic rings. The number of rotatable bonds is 13. The lowest BCUT2D eigenvalue weighted by Gasteiger charge is -2.21. The van der Waals surface area contributed by atoms with Crippen LogP contribution in [0.4, 0.5) is 0 Å². The van der Waals surface area contributed by atoms with Gasteiger partial charge in [-0.2, -0.15) is 0 Å². The molecule has 13 heteroatoms. The van der Waals surface area contributed by atoms with Gasteiger partial charge in [-0.3, -0.25) is 13.4 Å². The Morgan fingerprint density at radius 2 is 1.50 bits per heavy atom. The topological polar surface area (TPSA) is 112 Å². The number of hydrogen-bond acceptors (Lipinski definition) is 11. The maximum Gasteiger partial charge on any atom is 0.445 e. The molecule has 0 bridgehead atoms. The smallest absolute Gasteiger partial charge is 0.445 e. The van der Waals surface area contributed by atoms with E-state index in [4.69, 9.17) is 23.3 Å². The second kappa shape index (κ2) is 13.9. The lowest BCUT2D eigenvalue weighted by Crippen LogP contribution is -2.18. The van der Waals surface area contributed by atoms with Crippen molar-refractivity contribution in [3.05, 3.63) is 78.1 Å². The molecule has 0 fully saturated rings. The van der Waals surface area contributed by atoms with E-state index in [9.17, 15) is 14.2 Å². The standard InChI is InChI=1S/C29H37N4O8P/c1-30(2)15-12-22-19-33(27-11-10-25(37-5)16-26(22)27)42(36,40-20-38-28(34)23-8-6-13-31(3)17-23)41-21-39-29(35)24-9-7-14-32(4)18-24/h6-7,10-11,13-14,16-19H,8-9,12,15,20-21H2,1-5H3. The molecule has 226 valence electrons. The predicted octanol–water partition coefficient (Wildman–Crippen LogP) is 4.21. The molecule has 0 amide bonds. The van der Waals surface area contributed by atoms with Gasteiger partial charge < -0.3 is 28.9 Å². The summed E-state index contributed by atoms with van der Waals surface area (Å²) in [5, 5.41) is 0.794. The van der Waals surface area contributed by atoms with Crippen molar-refractivity contribution in [3.63, 3.8) is 0 Å². The largest absolute Gasteiger partial charge is 0.497 e. The lowest BCUT2D eigenvalue weighted by molar-refractivity contribution is -0.147. The molecule has 3 heterocycles. The van der Waals surface area contributed by atoms with Gasteiger partial charge in [0.05, 0.1) is 23.8 Å². The Bertz CT molecular complexity index is 1420. The molecule has 0 spiro atoms. The van der Waals surface area contributed by atoms with E-state index in [1.807, 2.05) is 49.6 Å². The van der Waals surface area contributed by atoms with Gasteiger partial charge in [0.25, 0.3) is 0 Å². The van der Waals surface area contributed by atoms with Gasteiger partial charge in [0, 0.05) is 57.5 Å². The highest BCUT2D eigenvalue weighted by Gasteiger charge is 2.32. The van der Waals surface area contributed by atoms with Gasteiger partial charge in [0.1, 0.15) is 5.75 Å². The minimum atomic E-state index is -4.26. The molecular weight excluding hydrogens is 563 g/mol. The van der Waals surface area contributed by atoms with Crippen LogP contribution in [0.25, 0.3) is 10.9 Å². The molecule has 0 saturated carbocycles. The van der Waals surface area contributed by atoms with Crippen molar-refractivity contribution in [2.75, 3.05) is 55.4 Å². The van der Waals surface area contributed by atoms with E-state index in [0.29, 0.717) is 41.7 Å². The average Bonchev–Trinajstić information content (AvgIpc) is 3.34. The first-order valence-electron chi connectivity index (χ1n) is 13.3. The van der Waals surface area contributed by atoms with Crippen molar-refractivity contribution in [2.24, 2.45) is 0 Å². The molecule has 0 unspecified atom stereocenters. The summed E-state index contributed by atoms with van der Waals surface area (Å²) < 4.78 is 43.1. The number of benzene rings is 1. The Kier molecular flexibility index (Phi) is 10.3. The van der Waals surface area contributed by atoms with E-state index in [2.05, 4.69) is 0 Å². The van der Waals surface area contributed by atoms with E-state index in [1.165, 1.54) is 4.34 Å². The molecule has 12 nitrogen and oxygen atoms in total. The van der Waals surface area contributed by atoms with Gasteiger partial charge in [0.2, 0.25) is 13.6 Å². The number of methoxy groups -OCH3 is 1. The third-order valence-corrected chi connectivity index (χ3v) is 8.30. The highest BCUT2D eigenvalue weighted by Crippen LogP contribution is 2.52. The molecule has 0 N–H and O–H groups in total. The molecule has 2 aliphatic heterocycles. The fourth-order valence-electron chi connectivity index (χ4n) is 4.42. The van der Waals surface area contributed by atoms with Crippen LogP contribution in [0.1, 0.15) is 18.4 Å². The summed E-state index contributed by atoms with van der Waals surface area (Å²) in [5.74, 6) is -0.593. The van der Waals surface area contributed by atoms with Crippen LogP contribution in [0, 0.1) is 0 Å². The predicted molar refractivity (Wildman–Crippen MR) is 157 cm³/mol. The number of nitrogens with zero attached hydrogens (tertiary/aromatic N) is 4. The summed E-state index contributed by atoms with van der Waals surface area (Å²) in [6.45, 7) is -0.579. The number of allylic oxidation sites excluding steroid dienone is 2. The molecule has 4 rings (SSSR count). The first-order valence-corrected chi connectivity index (χ1v) is 14.8. The third-order valence-electron chi connectivity index (χ3n) is 6.58. The lowest BCUT2D eigenvalue weighted by atomic mass is 10.1. The zero-order valence-electron chi connectivity index (χ0n) is 24.5. The molecule has 0 radical (unpaired) electrons. The highest BCUT2D eigenvalue weighted by molar-refractivity contribution is 7.52. The first kappa shape index (κ1) is 31.1. The molecule has 0 atom stereocenters. The van der Waals surface area contributed by atoms with Crippen LogP contribution in [0.2, 0.25) is 0 Å². The Morgan fingerprint density at radius 1 is 0.929 bits per heavy atom. The van der Waals surface area contributed by atoms with Crippen molar-refractivity contribution >= 4 is 30.6 Å². The Hall–Kier alpha value is -3.83. The molecular formula is C29H37N4O8P. The summed E-state index contributed by atoms with van der Waals surface area (Å²) in [4.78, 5) is 30.8. The summed E-state index contributed by atoms with van der Waals surface area (Å²) in [5.41, 5.74) is 2.26. The summed E-state index contributed by atoms with van der Waals surface area (Å²) in [6.07, 6.45) is 13.7. The monoisotopic (exact) mass is 600 g/mol. The maximum absolute atomic E-state index is 14.4. The fourth-order valence-corrected chi connectivity index (χ4v) is 5.83. The number of likely N-dealkylation sites (N-methyl/N-ethyl adjacent to an activating group) is 1. The summed E-state index contributed by atoms with van der Waals surface area (Å²) in [7, 11) is 4.82. The Balaban J connectivity index is 1.58. The summed E-state index contributed by atoms with van der Waals surface area (Å²) in [6, 6.07) is 5.33. The quantitative estimate of drug-likeness (QED) is 0.187. The molecule has 42 heavy (non-hydrogen) atoms. The molecule has 1 aromatic carbocycles. The number of fused-ring (bicyclic) bond motifs is 1. The first-order chi connectivity index (χ1) is 20.1. The van der Waals surface area contributed by atoms with Crippen LogP contribution in [0.3, 0.4) is 0 Å². The van der Waals surface area contributed by atoms with Crippen molar-refractivity contribution in [2.45, 2.75) is 19.3 Å². The van der Waals surface area contributed by atoms with E-state index in [-0.39, 0.29) is 0 Å². The van der Waals surface area contributed by atoms with Gasteiger partial charge in [-0.15, -0.1) is 0 Å². The Labute approximate surface area is 245 Å². The SMILES string of the molecule is COc1ccc2c(c1)c(CCN(C)C)cn2P(=O)(OCOC(=O)C1=CN(C)C=CC1)OCOC(=O)C1=CN(C)C=CC1. The number of carbonyl (C=O) groups is 2. The number of carbonyl (C=O) groups excluding carboxylic acids is 2. The summed E-state index contributed by atoms with van der Waals surface area (Å²) >= 11 is 0. The number of hydrogen-bond donors (Lipinski definition) is 0. The minimum Gasteiger partial charge on any atom is -0.497 e. The van der Waals surface area contributed by atoms with Crippen molar-refractivity contribution in [1.29, 1.82) is 0 Å². The van der Waals surface area contributed by atoms with Crippen molar-refractivity contribution < 1.29 is 37.4 Å². The van der Waals surface area contributed by atoms with Crippen LogP contribution in [0.15, 0.2) is 72.5 Å². The van der Waals surface area contributed by atoms with Crippen LogP contribution >= 0.6 is 7.75 Å². The maximum atomic E-state index is 14.4. The molecule has 0 aliphatic carbocycles. The van der Waals surface area contributed by atoms with Crippen LogP contribution < -0.4 is 4.74 Å². The third kappa shape index (κ3) is 7.71. The highest BCUT2D eigenvalue weighted by atomic mass is 31.2. The van der Waals surface area contributed by atoms with Gasteiger partial charge in [0.15, 0.2) is 0 Å². The second-order valence-corrected chi connectivity index (χ2v) is 12.0. The Morgan fingerprint density at radius 3 is 2.00 bits per heavy atom. The number of aromatic nitrogens is 1. The van der Waals surface area contributed by atoms with E-state index in [0.717, 1.165) is 17.5 Å². The van der Waals surface area contributed by atoms with Crippen molar-refractivity contribution in [3.8, 4) is 5.75 Å². The van der Waals surface area contributed by atoms with Crippen LogP contribution in [0.5, 0.6) is 5.75 Å². The van der Waals surface area contributed by atoms with Gasteiger partial charge in [-0.25, -0.2) is 14.2 Å². The van der Waals surface area contributed by atoms with E-state index < -0.39 is 33.3 Å². The molecule has 0 saturated heterocycles. The zero-order chi connectivity index (χ0) is 30.3. The van der Waals surface area contributed by atoms with Gasteiger partial charge in [-0.1, -0.05) is 12.2 Å². The fraction of sp³-hybridized carbons (Fsp3) is 0.379. The van der Waals surface area contributed by atoms with Crippen LogP contribution in [-0.4, -0.2) is 86.4 Å². The molecule has 1 aromatic heterocycles. The number of ether oxygens (including phenoxy) is 3. The van der Waals surface area contributed by atoms with Crippen LogP contribution in [-0.2, 0) is 39.1 Å². The van der Waals surface area contributed by atoms with E-state index >= 15 is 0 Å². The zero-order valence-corrected chi connectivity index (χ0v) is 25.4. The van der Waals surface area contributed by atoms with Crippen molar-refractivity contribution in [1.82, 2.24) is 19.0 Å². The minimum absolute atomic E-state index is 0.396. The van der Waals surface area contributed by atoms with Gasteiger partial charge >= 0.3 is 19.7 Å². The second-order valence-electron chi connectivity index (χ2n) is 10.1. The normalized spacial score (nSPS) is 15.2.